The van der Waals surface area contributed by atoms with E-state index in [0.717, 1.165) is 26.1 Å². The molecule has 0 aromatic rings. The van der Waals surface area contributed by atoms with Gasteiger partial charge in [-0.2, -0.15) is 0 Å². The number of carbonyl (C=O) groups is 1. The van der Waals surface area contributed by atoms with Crippen molar-refractivity contribution >= 4 is 5.78 Å². The molecule has 1 fully saturated rings. The fraction of sp³-hybridized carbons (Fsp3) is 0.875. The standard InChI is InChI=1S/C8H15NO2/c1-7(10)8-6-9(8)4-3-5-11-2/h8H,3-6H2,1-2H3/t8-,9?/m1/s1. The maximum absolute atomic E-state index is 10.8. The Kier molecular flexibility index (Phi) is 3.02. The number of Topliss-reactive ketones (excluding diaryl/α,β-unsaturated/α-hetero) is 1. The summed E-state index contributed by atoms with van der Waals surface area (Å²) < 4.78 is 4.90. The van der Waals surface area contributed by atoms with Gasteiger partial charge in [-0.3, -0.25) is 9.69 Å². The molecule has 0 aliphatic carbocycles. The Balaban J connectivity index is 2.00. The van der Waals surface area contributed by atoms with E-state index in [1.165, 1.54) is 0 Å². The number of ether oxygens (including phenoxy) is 1. The van der Waals surface area contributed by atoms with Gasteiger partial charge in [-0.15, -0.1) is 0 Å². The largest absolute Gasteiger partial charge is 0.385 e. The minimum atomic E-state index is 0.229. The minimum Gasteiger partial charge on any atom is -0.385 e. The first kappa shape index (κ1) is 8.68. The van der Waals surface area contributed by atoms with Crippen molar-refractivity contribution in [1.82, 2.24) is 4.90 Å². The Bertz CT molecular complexity index is 147. The molecule has 1 saturated heterocycles. The Morgan fingerprint density at radius 1 is 1.73 bits per heavy atom. The van der Waals surface area contributed by atoms with E-state index in [0.29, 0.717) is 5.78 Å². The zero-order chi connectivity index (χ0) is 8.27. The van der Waals surface area contributed by atoms with Gasteiger partial charge in [0.15, 0.2) is 0 Å². The van der Waals surface area contributed by atoms with E-state index in [2.05, 4.69) is 4.90 Å². The van der Waals surface area contributed by atoms with Crippen LogP contribution >= 0.6 is 0 Å². The molecular weight excluding hydrogens is 142 g/mol. The van der Waals surface area contributed by atoms with Gasteiger partial charge in [-0.05, 0) is 13.3 Å². The Labute approximate surface area is 67.3 Å². The fourth-order valence-electron chi connectivity index (χ4n) is 1.22. The predicted octanol–water partition coefficient (Wildman–Crippen LogP) is 0.296. The van der Waals surface area contributed by atoms with Crippen molar-refractivity contribution in [3.05, 3.63) is 0 Å². The van der Waals surface area contributed by atoms with Gasteiger partial charge >= 0.3 is 0 Å². The van der Waals surface area contributed by atoms with Crippen molar-refractivity contribution in [2.24, 2.45) is 0 Å². The van der Waals surface area contributed by atoms with Gasteiger partial charge < -0.3 is 4.74 Å². The lowest BCUT2D eigenvalue weighted by molar-refractivity contribution is -0.117. The second-order valence-electron chi connectivity index (χ2n) is 2.97. The van der Waals surface area contributed by atoms with Crippen LogP contribution in [0.15, 0.2) is 0 Å². The van der Waals surface area contributed by atoms with Crippen LogP contribution in [0.5, 0.6) is 0 Å². The lowest BCUT2D eigenvalue weighted by Crippen LogP contribution is -2.11. The predicted molar refractivity (Wildman–Crippen MR) is 42.5 cm³/mol. The van der Waals surface area contributed by atoms with Crippen LogP contribution in [0.3, 0.4) is 0 Å². The molecule has 0 aromatic carbocycles. The molecule has 3 heteroatoms. The second-order valence-corrected chi connectivity index (χ2v) is 2.97. The van der Waals surface area contributed by atoms with E-state index in [1.807, 2.05) is 0 Å². The summed E-state index contributed by atoms with van der Waals surface area (Å²) >= 11 is 0. The van der Waals surface area contributed by atoms with Crippen LogP contribution in [-0.2, 0) is 9.53 Å². The summed E-state index contributed by atoms with van der Waals surface area (Å²) in [6.45, 7) is 4.40. The number of nitrogens with zero attached hydrogens (tertiary/aromatic N) is 1. The van der Waals surface area contributed by atoms with Crippen molar-refractivity contribution in [3.63, 3.8) is 0 Å². The van der Waals surface area contributed by atoms with Crippen LogP contribution in [0, 0.1) is 0 Å². The molecule has 1 aliphatic heterocycles. The summed E-state index contributed by atoms with van der Waals surface area (Å²) in [7, 11) is 1.70. The van der Waals surface area contributed by atoms with E-state index >= 15 is 0 Å². The van der Waals surface area contributed by atoms with Gasteiger partial charge in [-0.25, -0.2) is 0 Å². The highest BCUT2D eigenvalue weighted by molar-refractivity contribution is 5.84. The molecule has 1 rings (SSSR count). The van der Waals surface area contributed by atoms with Crippen LogP contribution in [0.25, 0.3) is 0 Å². The summed E-state index contributed by atoms with van der Waals surface area (Å²) in [5.41, 5.74) is 0. The summed E-state index contributed by atoms with van der Waals surface area (Å²) in [6, 6.07) is 0.229. The minimum absolute atomic E-state index is 0.229. The highest BCUT2D eigenvalue weighted by atomic mass is 16.5. The average molecular weight is 157 g/mol. The molecular formula is C8H15NO2. The monoisotopic (exact) mass is 157 g/mol. The molecule has 0 amide bonds. The highest BCUT2D eigenvalue weighted by Crippen LogP contribution is 2.17. The van der Waals surface area contributed by atoms with E-state index in [4.69, 9.17) is 4.74 Å². The van der Waals surface area contributed by atoms with E-state index in [-0.39, 0.29) is 6.04 Å². The Morgan fingerprint density at radius 2 is 2.45 bits per heavy atom. The highest BCUT2D eigenvalue weighted by Gasteiger charge is 2.36. The van der Waals surface area contributed by atoms with Crippen molar-refractivity contribution in [2.45, 2.75) is 19.4 Å². The SMILES string of the molecule is COCCCN1C[C@@H]1C(C)=O. The molecule has 0 spiro atoms. The molecule has 0 N–H and O–H groups in total. The van der Waals surface area contributed by atoms with Crippen molar-refractivity contribution in [2.75, 3.05) is 26.8 Å². The molecule has 0 bridgehead atoms. The number of hydrogen-bond acceptors (Lipinski definition) is 3. The topological polar surface area (TPSA) is 29.3 Å². The first-order chi connectivity index (χ1) is 5.25. The number of carbonyl (C=O) groups excluding carboxylic acids is 1. The van der Waals surface area contributed by atoms with Crippen LogP contribution < -0.4 is 0 Å². The van der Waals surface area contributed by atoms with Gasteiger partial charge in [0.1, 0.15) is 5.78 Å². The van der Waals surface area contributed by atoms with E-state index in [1.54, 1.807) is 14.0 Å². The summed E-state index contributed by atoms with van der Waals surface area (Å²) in [4.78, 5) is 12.9. The van der Waals surface area contributed by atoms with E-state index < -0.39 is 0 Å². The average Bonchev–Trinajstić information content (AvgIpc) is 2.68. The summed E-state index contributed by atoms with van der Waals surface area (Å²) in [5.74, 6) is 0.294. The number of rotatable bonds is 5. The molecule has 3 nitrogen and oxygen atoms in total. The number of ketones is 1. The van der Waals surface area contributed by atoms with Gasteiger partial charge in [0.05, 0.1) is 6.04 Å². The van der Waals surface area contributed by atoms with Gasteiger partial charge in [0.2, 0.25) is 0 Å². The molecule has 0 radical (unpaired) electrons. The Hall–Kier alpha value is -0.410. The van der Waals surface area contributed by atoms with Gasteiger partial charge in [0.25, 0.3) is 0 Å². The van der Waals surface area contributed by atoms with Gasteiger partial charge in [0, 0.05) is 26.8 Å². The third-order valence-corrected chi connectivity index (χ3v) is 1.98. The molecule has 2 atom stereocenters. The Morgan fingerprint density at radius 3 is 2.91 bits per heavy atom. The molecule has 0 saturated carbocycles. The molecule has 1 heterocycles. The first-order valence-electron chi connectivity index (χ1n) is 3.99. The smallest absolute Gasteiger partial charge is 0.148 e. The molecule has 64 valence electrons. The number of hydrogen-bond donors (Lipinski definition) is 0. The van der Waals surface area contributed by atoms with Crippen molar-refractivity contribution < 1.29 is 9.53 Å². The van der Waals surface area contributed by atoms with Crippen molar-refractivity contribution in [1.29, 1.82) is 0 Å². The normalized spacial score (nSPS) is 28.5. The third kappa shape index (κ3) is 2.60. The van der Waals surface area contributed by atoms with E-state index in [9.17, 15) is 4.79 Å². The zero-order valence-corrected chi connectivity index (χ0v) is 7.17. The molecule has 1 aliphatic rings. The molecule has 0 aromatic heterocycles. The molecule has 11 heavy (non-hydrogen) atoms. The number of methoxy groups -OCH3 is 1. The van der Waals surface area contributed by atoms with Gasteiger partial charge in [-0.1, -0.05) is 0 Å². The quantitative estimate of drug-likeness (QED) is 0.424. The lowest BCUT2D eigenvalue weighted by atomic mass is 10.3. The maximum Gasteiger partial charge on any atom is 0.148 e. The first-order valence-corrected chi connectivity index (χ1v) is 3.99. The van der Waals surface area contributed by atoms with Crippen LogP contribution in [0.4, 0.5) is 0 Å². The van der Waals surface area contributed by atoms with Crippen LogP contribution in [0.1, 0.15) is 13.3 Å². The zero-order valence-electron chi connectivity index (χ0n) is 7.17. The lowest BCUT2D eigenvalue weighted by Gasteiger charge is -2.00. The van der Waals surface area contributed by atoms with Crippen LogP contribution in [0.2, 0.25) is 0 Å². The third-order valence-electron chi connectivity index (χ3n) is 1.98. The summed E-state index contributed by atoms with van der Waals surface area (Å²) in [5, 5.41) is 0. The fourth-order valence-corrected chi connectivity index (χ4v) is 1.22. The van der Waals surface area contributed by atoms with Crippen LogP contribution in [-0.4, -0.2) is 43.5 Å². The summed E-state index contributed by atoms with van der Waals surface area (Å²) in [6.07, 6.45) is 1.03. The molecule has 1 unspecified atom stereocenters. The second kappa shape index (κ2) is 3.83. The maximum atomic E-state index is 10.8. The van der Waals surface area contributed by atoms with Crippen molar-refractivity contribution in [3.8, 4) is 0 Å².